The number of amides is 1. The lowest BCUT2D eigenvalue weighted by molar-refractivity contribution is -0.131. The molecule has 0 unspecified atom stereocenters. The summed E-state index contributed by atoms with van der Waals surface area (Å²) < 4.78 is 34.4. The predicted octanol–water partition coefficient (Wildman–Crippen LogP) is 2.33. The van der Waals surface area contributed by atoms with E-state index in [-0.39, 0.29) is 41.5 Å². The third-order valence-corrected chi connectivity index (χ3v) is 7.37. The van der Waals surface area contributed by atoms with E-state index >= 15 is 0 Å². The molecule has 1 amide bonds. The molecule has 1 aromatic rings. The Morgan fingerprint density at radius 3 is 2.61 bits per heavy atom. The van der Waals surface area contributed by atoms with Gasteiger partial charge in [-0.05, 0) is 25.1 Å². The van der Waals surface area contributed by atoms with Gasteiger partial charge in [-0.3, -0.25) is 4.79 Å². The maximum atomic E-state index is 13.4. The molecule has 0 saturated heterocycles. The number of hydrogen-bond acceptors (Lipinski definition) is 5. The first-order valence-corrected chi connectivity index (χ1v) is 12.1. The Balaban J connectivity index is 2.58. The third-order valence-electron chi connectivity index (χ3n) is 5.35. The second kappa shape index (κ2) is 10.5. The number of benzene rings is 1. The van der Waals surface area contributed by atoms with Gasteiger partial charge in [-0.1, -0.05) is 39.5 Å². The standard InChI is InChI=1S/C23H34N2O5S/c1-7-23(27)24(6)14-21-17(4)13-25(18(5)15-26)31(28,29)22-11-10-19(9-8-16(2)3)12-20(22)30-21/h10-12,16-18,21,26H,7,13-15H2,1-6H3/t17-,18+,21+/m1/s1. The average molecular weight is 451 g/mol. The topological polar surface area (TPSA) is 87.2 Å². The highest BCUT2D eigenvalue weighted by Crippen LogP contribution is 2.34. The van der Waals surface area contributed by atoms with Crippen LogP contribution in [0.1, 0.15) is 46.6 Å². The number of sulfonamides is 1. The molecule has 2 rings (SSSR count). The van der Waals surface area contributed by atoms with E-state index in [1.165, 1.54) is 10.4 Å². The van der Waals surface area contributed by atoms with Crippen LogP contribution in [-0.4, -0.2) is 67.5 Å². The number of ether oxygens (including phenoxy) is 1. The summed E-state index contributed by atoms with van der Waals surface area (Å²) in [6.07, 6.45) is -0.0398. The molecule has 1 aliphatic heterocycles. The van der Waals surface area contributed by atoms with Crippen LogP contribution >= 0.6 is 0 Å². The first-order chi connectivity index (χ1) is 14.5. The molecule has 0 spiro atoms. The highest BCUT2D eigenvalue weighted by Gasteiger charge is 2.38. The molecule has 0 aliphatic carbocycles. The number of aliphatic hydroxyl groups is 1. The van der Waals surface area contributed by atoms with Crippen LogP contribution in [0.5, 0.6) is 5.75 Å². The summed E-state index contributed by atoms with van der Waals surface area (Å²) in [6, 6.07) is 4.25. The monoisotopic (exact) mass is 450 g/mol. The van der Waals surface area contributed by atoms with E-state index in [4.69, 9.17) is 4.74 Å². The lowest BCUT2D eigenvalue weighted by Gasteiger charge is -2.37. The fraction of sp³-hybridized carbons (Fsp3) is 0.609. The predicted molar refractivity (Wildman–Crippen MR) is 120 cm³/mol. The van der Waals surface area contributed by atoms with Gasteiger partial charge in [0.2, 0.25) is 15.9 Å². The molecule has 0 saturated carbocycles. The maximum absolute atomic E-state index is 13.4. The molecule has 7 nitrogen and oxygen atoms in total. The second-order valence-corrected chi connectivity index (χ2v) is 10.3. The molecule has 8 heteroatoms. The highest BCUT2D eigenvalue weighted by molar-refractivity contribution is 7.89. The maximum Gasteiger partial charge on any atom is 0.247 e. The first-order valence-electron chi connectivity index (χ1n) is 10.7. The molecule has 0 radical (unpaired) electrons. The zero-order valence-electron chi connectivity index (χ0n) is 19.3. The Kier molecular flexibility index (Phi) is 8.52. The van der Waals surface area contributed by atoms with Gasteiger partial charge in [-0.15, -0.1) is 0 Å². The molecule has 1 aliphatic rings. The van der Waals surface area contributed by atoms with Crippen molar-refractivity contribution in [3.05, 3.63) is 23.8 Å². The minimum Gasteiger partial charge on any atom is -0.487 e. The molecular formula is C23H34N2O5S. The van der Waals surface area contributed by atoms with E-state index in [9.17, 15) is 18.3 Å². The molecule has 3 atom stereocenters. The summed E-state index contributed by atoms with van der Waals surface area (Å²) in [5.41, 5.74) is 0.661. The van der Waals surface area contributed by atoms with Crippen molar-refractivity contribution < 1.29 is 23.1 Å². The van der Waals surface area contributed by atoms with Crippen molar-refractivity contribution >= 4 is 15.9 Å². The number of carbonyl (C=O) groups excluding carboxylic acids is 1. The Labute approximate surface area is 186 Å². The molecule has 31 heavy (non-hydrogen) atoms. The van der Waals surface area contributed by atoms with Crippen LogP contribution in [-0.2, 0) is 14.8 Å². The van der Waals surface area contributed by atoms with Gasteiger partial charge >= 0.3 is 0 Å². The summed E-state index contributed by atoms with van der Waals surface area (Å²) >= 11 is 0. The van der Waals surface area contributed by atoms with Gasteiger partial charge in [0.25, 0.3) is 0 Å². The van der Waals surface area contributed by atoms with Gasteiger partial charge in [0.05, 0.1) is 13.2 Å². The Hall–Kier alpha value is -2.08. The summed E-state index contributed by atoms with van der Waals surface area (Å²) in [5, 5.41) is 9.69. The number of likely N-dealkylation sites (N-methyl/N-ethyl adjacent to an activating group) is 1. The Bertz CT molecular complexity index is 948. The average Bonchev–Trinajstić information content (AvgIpc) is 2.73. The first kappa shape index (κ1) is 25.2. The molecule has 1 heterocycles. The quantitative estimate of drug-likeness (QED) is 0.696. The summed E-state index contributed by atoms with van der Waals surface area (Å²) in [7, 11) is -2.17. The van der Waals surface area contributed by atoms with Crippen LogP contribution in [0, 0.1) is 23.7 Å². The zero-order valence-corrected chi connectivity index (χ0v) is 20.1. The van der Waals surface area contributed by atoms with Crippen molar-refractivity contribution in [2.24, 2.45) is 11.8 Å². The van der Waals surface area contributed by atoms with Gasteiger partial charge in [0.15, 0.2) is 0 Å². The van der Waals surface area contributed by atoms with Gasteiger partial charge in [-0.25, -0.2) is 8.42 Å². The van der Waals surface area contributed by atoms with Gasteiger partial charge in [-0.2, -0.15) is 4.31 Å². The molecule has 1 N–H and O–H groups in total. The number of nitrogens with zero attached hydrogens (tertiary/aromatic N) is 2. The van der Waals surface area contributed by atoms with Crippen molar-refractivity contribution in [2.75, 3.05) is 26.7 Å². The minimum absolute atomic E-state index is 0.0113. The van der Waals surface area contributed by atoms with Crippen molar-refractivity contribution in [1.82, 2.24) is 9.21 Å². The largest absolute Gasteiger partial charge is 0.487 e. The lowest BCUT2D eigenvalue weighted by atomic mass is 10.0. The number of rotatable bonds is 5. The smallest absolute Gasteiger partial charge is 0.247 e. The van der Waals surface area contributed by atoms with E-state index in [0.717, 1.165) is 0 Å². The number of hydrogen-bond donors (Lipinski definition) is 1. The third kappa shape index (κ3) is 6.00. The molecular weight excluding hydrogens is 416 g/mol. The number of aliphatic hydroxyl groups excluding tert-OH is 1. The normalized spacial score (nSPS) is 21.7. The van der Waals surface area contributed by atoms with E-state index in [0.29, 0.717) is 18.5 Å². The number of carbonyl (C=O) groups is 1. The molecule has 1 aromatic carbocycles. The van der Waals surface area contributed by atoms with Gasteiger partial charge in [0, 0.05) is 43.5 Å². The fourth-order valence-corrected chi connectivity index (χ4v) is 5.22. The summed E-state index contributed by atoms with van der Waals surface area (Å²) in [6.45, 7) is 9.55. The minimum atomic E-state index is -3.89. The van der Waals surface area contributed by atoms with E-state index in [1.54, 1.807) is 37.9 Å². The van der Waals surface area contributed by atoms with Crippen LogP contribution in [0.25, 0.3) is 0 Å². The highest BCUT2D eigenvalue weighted by atomic mass is 32.2. The van der Waals surface area contributed by atoms with E-state index < -0.39 is 22.2 Å². The van der Waals surface area contributed by atoms with E-state index in [1.807, 2.05) is 20.8 Å². The van der Waals surface area contributed by atoms with Crippen LogP contribution in [0.15, 0.2) is 23.1 Å². The molecule has 172 valence electrons. The molecule has 0 aromatic heterocycles. The summed E-state index contributed by atoms with van der Waals surface area (Å²) in [5.74, 6) is 6.30. The summed E-state index contributed by atoms with van der Waals surface area (Å²) in [4.78, 5) is 13.8. The van der Waals surface area contributed by atoms with Crippen molar-refractivity contribution in [1.29, 1.82) is 0 Å². The van der Waals surface area contributed by atoms with Gasteiger partial charge < -0.3 is 14.7 Å². The van der Waals surface area contributed by atoms with Crippen molar-refractivity contribution in [3.63, 3.8) is 0 Å². The van der Waals surface area contributed by atoms with Crippen molar-refractivity contribution in [2.45, 2.75) is 58.1 Å². The molecule has 0 bridgehead atoms. The second-order valence-electron chi connectivity index (χ2n) is 8.45. The lowest BCUT2D eigenvalue weighted by Crippen LogP contribution is -2.50. The van der Waals surface area contributed by atoms with Crippen LogP contribution in [0.4, 0.5) is 0 Å². The van der Waals surface area contributed by atoms with Crippen LogP contribution < -0.4 is 4.74 Å². The van der Waals surface area contributed by atoms with E-state index in [2.05, 4.69) is 11.8 Å². The Morgan fingerprint density at radius 1 is 1.35 bits per heavy atom. The fourth-order valence-electron chi connectivity index (χ4n) is 3.39. The van der Waals surface area contributed by atoms with Crippen LogP contribution in [0.2, 0.25) is 0 Å². The van der Waals surface area contributed by atoms with Crippen molar-refractivity contribution in [3.8, 4) is 17.6 Å². The SMILES string of the molecule is CCC(=O)N(C)C[C@@H]1Oc2cc(C#CC(C)C)ccc2S(=O)(=O)N([C@@H](C)CO)C[C@H]1C. The zero-order chi connectivity index (χ0) is 23.3. The van der Waals surface area contributed by atoms with Crippen LogP contribution in [0.3, 0.4) is 0 Å². The Morgan fingerprint density at radius 2 is 2.03 bits per heavy atom. The molecule has 0 fully saturated rings. The van der Waals surface area contributed by atoms with Gasteiger partial charge in [0.1, 0.15) is 16.7 Å². The number of fused-ring (bicyclic) bond motifs is 1.